The molecule has 174 valence electrons. The zero-order chi connectivity index (χ0) is 23.8. The molecule has 0 heterocycles. The van der Waals surface area contributed by atoms with E-state index in [1.807, 2.05) is 24.3 Å². The summed E-state index contributed by atoms with van der Waals surface area (Å²) in [5.74, 6) is -1.39. The van der Waals surface area contributed by atoms with Crippen molar-refractivity contribution < 1.29 is 24.2 Å². The Kier molecular flexibility index (Phi) is 5.91. The fourth-order valence-electron chi connectivity index (χ4n) is 4.73. The Morgan fingerprint density at radius 3 is 2.09 bits per heavy atom. The molecule has 1 saturated carbocycles. The highest BCUT2D eigenvalue weighted by Gasteiger charge is 2.49. The van der Waals surface area contributed by atoms with Crippen molar-refractivity contribution in [1.82, 2.24) is 10.2 Å². The van der Waals surface area contributed by atoms with Crippen molar-refractivity contribution >= 4 is 18.0 Å². The van der Waals surface area contributed by atoms with Crippen LogP contribution < -0.4 is 5.32 Å². The third-order valence-electron chi connectivity index (χ3n) is 6.87. The van der Waals surface area contributed by atoms with Crippen LogP contribution in [0.15, 0.2) is 48.5 Å². The van der Waals surface area contributed by atoms with E-state index >= 15 is 0 Å². The number of nitrogens with one attached hydrogen (secondary N) is 1. The molecule has 7 nitrogen and oxygen atoms in total. The van der Waals surface area contributed by atoms with Gasteiger partial charge in [-0.15, -0.1) is 0 Å². The monoisotopic (exact) mass is 450 g/mol. The first-order chi connectivity index (χ1) is 15.7. The van der Waals surface area contributed by atoms with Gasteiger partial charge >= 0.3 is 12.1 Å². The number of carbonyl (C=O) groups is 3. The average Bonchev–Trinajstić information content (AvgIpc) is 3.44. The molecule has 2 aliphatic carbocycles. The number of hydrogen-bond acceptors (Lipinski definition) is 4. The van der Waals surface area contributed by atoms with Crippen molar-refractivity contribution in [1.29, 1.82) is 0 Å². The number of amides is 2. The predicted molar refractivity (Wildman–Crippen MR) is 124 cm³/mol. The third-order valence-corrected chi connectivity index (χ3v) is 6.87. The number of alkyl carbamates (subject to hydrolysis) is 1. The molecule has 0 unspecified atom stereocenters. The zero-order valence-corrected chi connectivity index (χ0v) is 19.3. The molecule has 2 aromatic rings. The molecule has 0 aliphatic heterocycles. The van der Waals surface area contributed by atoms with E-state index in [1.165, 1.54) is 18.7 Å². The van der Waals surface area contributed by atoms with Crippen LogP contribution in [0.2, 0.25) is 0 Å². The van der Waals surface area contributed by atoms with E-state index in [0.29, 0.717) is 12.8 Å². The normalized spacial score (nSPS) is 15.8. The van der Waals surface area contributed by atoms with Gasteiger partial charge in [0.15, 0.2) is 0 Å². The van der Waals surface area contributed by atoms with Gasteiger partial charge in [0.25, 0.3) is 0 Å². The van der Waals surface area contributed by atoms with E-state index in [9.17, 15) is 19.5 Å². The Morgan fingerprint density at radius 2 is 1.61 bits per heavy atom. The molecule has 2 amide bonds. The lowest BCUT2D eigenvalue weighted by molar-refractivity contribution is -0.157. The SMILES string of the molecule is CCN(C(=O)CC1(NC(=O)OCC2c3ccccc3-c3ccccc32)CC1)C(C)(C)C(=O)O. The number of fused-ring (bicyclic) bond motifs is 3. The number of likely N-dealkylation sites (N-methyl/N-ethyl adjacent to an activating group) is 1. The fraction of sp³-hybridized carbons (Fsp3) is 0.423. The molecule has 2 aromatic carbocycles. The van der Waals surface area contributed by atoms with Crippen LogP contribution in [0.1, 0.15) is 57.1 Å². The van der Waals surface area contributed by atoms with Gasteiger partial charge in [-0.1, -0.05) is 48.5 Å². The summed E-state index contributed by atoms with van der Waals surface area (Å²) < 4.78 is 5.62. The smallest absolute Gasteiger partial charge is 0.407 e. The van der Waals surface area contributed by atoms with Crippen LogP contribution >= 0.6 is 0 Å². The highest BCUT2D eigenvalue weighted by molar-refractivity contribution is 5.87. The molecular weight excluding hydrogens is 420 g/mol. The van der Waals surface area contributed by atoms with Crippen LogP contribution in [0.3, 0.4) is 0 Å². The highest BCUT2D eigenvalue weighted by atomic mass is 16.5. The summed E-state index contributed by atoms with van der Waals surface area (Å²) in [5.41, 5.74) is 2.61. The maximum Gasteiger partial charge on any atom is 0.407 e. The predicted octanol–water partition coefficient (Wildman–Crippen LogP) is 4.16. The van der Waals surface area contributed by atoms with E-state index in [2.05, 4.69) is 29.6 Å². The summed E-state index contributed by atoms with van der Waals surface area (Å²) >= 11 is 0. The molecule has 2 aliphatic rings. The minimum Gasteiger partial charge on any atom is -0.480 e. The van der Waals surface area contributed by atoms with Crippen LogP contribution in [-0.4, -0.2) is 52.2 Å². The molecule has 0 saturated heterocycles. The Hall–Kier alpha value is -3.35. The second-order valence-corrected chi connectivity index (χ2v) is 9.41. The molecule has 7 heteroatoms. The van der Waals surface area contributed by atoms with Crippen molar-refractivity contribution in [3.8, 4) is 11.1 Å². The Bertz CT molecular complexity index is 1040. The van der Waals surface area contributed by atoms with Crippen LogP contribution in [0, 0.1) is 0 Å². The van der Waals surface area contributed by atoms with Gasteiger partial charge in [-0.2, -0.15) is 0 Å². The number of aliphatic carboxylic acids is 1. The highest BCUT2D eigenvalue weighted by Crippen LogP contribution is 2.45. The Morgan fingerprint density at radius 1 is 1.06 bits per heavy atom. The molecule has 4 rings (SSSR count). The van der Waals surface area contributed by atoms with E-state index in [1.54, 1.807) is 6.92 Å². The summed E-state index contributed by atoms with van der Waals surface area (Å²) in [5, 5.41) is 12.4. The minimum absolute atomic E-state index is 0.0353. The van der Waals surface area contributed by atoms with E-state index in [4.69, 9.17) is 4.74 Å². The van der Waals surface area contributed by atoms with Crippen molar-refractivity contribution in [2.75, 3.05) is 13.2 Å². The van der Waals surface area contributed by atoms with Gasteiger partial charge in [-0.25, -0.2) is 9.59 Å². The summed E-state index contributed by atoms with van der Waals surface area (Å²) in [7, 11) is 0. The summed E-state index contributed by atoms with van der Waals surface area (Å²) in [6, 6.07) is 16.3. The lowest BCUT2D eigenvalue weighted by Crippen LogP contribution is -2.54. The number of hydrogen-bond donors (Lipinski definition) is 2. The molecular formula is C26H30N2O5. The van der Waals surface area contributed by atoms with Gasteiger partial charge < -0.3 is 20.1 Å². The molecule has 2 N–H and O–H groups in total. The molecule has 0 spiro atoms. The Labute approximate surface area is 193 Å². The van der Waals surface area contributed by atoms with Gasteiger partial charge in [0, 0.05) is 12.5 Å². The van der Waals surface area contributed by atoms with E-state index < -0.39 is 23.1 Å². The molecule has 1 fully saturated rings. The van der Waals surface area contributed by atoms with Gasteiger partial charge in [-0.3, -0.25) is 4.79 Å². The first-order valence-corrected chi connectivity index (χ1v) is 11.4. The number of nitrogens with zero attached hydrogens (tertiary/aromatic N) is 1. The van der Waals surface area contributed by atoms with E-state index in [-0.39, 0.29) is 31.4 Å². The molecule has 0 aromatic heterocycles. The largest absolute Gasteiger partial charge is 0.480 e. The van der Waals surface area contributed by atoms with Crippen molar-refractivity contribution in [3.05, 3.63) is 59.7 Å². The van der Waals surface area contributed by atoms with E-state index in [0.717, 1.165) is 22.3 Å². The summed E-state index contributed by atoms with van der Waals surface area (Å²) in [6.07, 6.45) is 0.826. The number of carbonyl (C=O) groups excluding carboxylic acids is 2. The first kappa shape index (κ1) is 22.8. The maximum absolute atomic E-state index is 12.9. The number of benzene rings is 2. The average molecular weight is 451 g/mol. The van der Waals surface area contributed by atoms with Gasteiger partial charge in [-0.05, 0) is 55.9 Å². The fourth-order valence-corrected chi connectivity index (χ4v) is 4.73. The summed E-state index contributed by atoms with van der Waals surface area (Å²) in [6.45, 7) is 5.25. The van der Waals surface area contributed by atoms with Gasteiger partial charge in [0.2, 0.25) is 5.91 Å². The molecule has 0 atom stereocenters. The quantitative estimate of drug-likeness (QED) is 0.630. The van der Waals surface area contributed by atoms with Gasteiger partial charge in [0.05, 0.1) is 12.0 Å². The van der Waals surface area contributed by atoms with Crippen molar-refractivity contribution in [2.24, 2.45) is 0 Å². The lowest BCUT2D eigenvalue weighted by Gasteiger charge is -2.35. The number of carboxylic acid groups (broad SMARTS) is 1. The molecule has 33 heavy (non-hydrogen) atoms. The number of carboxylic acids is 1. The van der Waals surface area contributed by atoms with Crippen LogP contribution in [0.4, 0.5) is 4.79 Å². The molecule has 0 bridgehead atoms. The van der Waals surface area contributed by atoms with Crippen molar-refractivity contribution in [2.45, 2.75) is 57.0 Å². The number of rotatable bonds is 8. The maximum atomic E-state index is 12.9. The number of ether oxygens (including phenoxy) is 1. The zero-order valence-electron chi connectivity index (χ0n) is 19.3. The third kappa shape index (κ3) is 4.32. The first-order valence-electron chi connectivity index (χ1n) is 11.4. The Balaban J connectivity index is 1.39. The van der Waals surface area contributed by atoms with Crippen LogP contribution in [0.25, 0.3) is 11.1 Å². The summed E-state index contributed by atoms with van der Waals surface area (Å²) in [4.78, 5) is 38.5. The second-order valence-electron chi connectivity index (χ2n) is 9.41. The van der Waals surface area contributed by atoms with Crippen molar-refractivity contribution in [3.63, 3.8) is 0 Å². The van der Waals surface area contributed by atoms with Crippen LogP contribution in [-0.2, 0) is 14.3 Å². The standard InChI is InChI=1S/C26H30N2O5/c1-4-28(25(2,3)23(30)31)22(29)15-26(13-14-26)27-24(32)33-16-21-19-11-7-5-9-17(19)18-10-6-8-12-20(18)21/h5-12,21H,4,13-16H2,1-3H3,(H,27,32)(H,30,31). The minimum atomic E-state index is -1.31. The lowest BCUT2D eigenvalue weighted by atomic mass is 9.98. The topological polar surface area (TPSA) is 95.9 Å². The second kappa shape index (κ2) is 8.54. The van der Waals surface area contributed by atoms with Crippen LogP contribution in [0.5, 0.6) is 0 Å². The van der Waals surface area contributed by atoms with Gasteiger partial charge in [0.1, 0.15) is 12.1 Å². The molecule has 0 radical (unpaired) electrons.